The van der Waals surface area contributed by atoms with Gasteiger partial charge < -0.3 is 9.73 Å². The highest BCUT2D eigenvalue weighted by Gasteiger charge is 2.23. The van der Waals surface area contributed by atoms with Gasteiger partial charge in [-0.25, -0.2) is 0 Å². The van der Waals surface area contributed by atoms with Crippen LogP contribution in [0.3, 0.4) is 0 Å². The predicted octanol–water partition coefficient (Wildman–Crippen LogP) is 2.68. The SMILES string of the molecule is CCC1CCCN1Cc1cc(CNC)c(C)o1. The number of nitrogens with one attached hydrogen (secondary N) is 1. The van der Waals surface area contributed by atoms with Gasteiger partial charge in [-0.2, -0.15) is 0 Å². The summed E-state index contributed by atoms with van der Waals surface area (Å²) in [5, 5.41) is 3.18. The zero-order valence-electron chi connectivity index (χ0n) is 11.3. The molecule has 0 aliphatic carbocycles. The Morgan fingerprint density at radius 1 is 1.53 bits per heavy atom. The molecule has 3 nitrogen and oxygen atoms in total. The first-order valence-electron chi connectivity index (χ1n) is 6.71. The van der Waals surface area contributed by atoms with E-state index in [9.17, 15) is 0 Å². The van der Waals surface area contributed by atoms with Crippen LogP contribution in [0.2, 0.25) is 0 Å². The highest BCUT2D eigenvalue weighted by Crippen LogP contribution is 2.24. The van der Waals surface area contributed by atoms with Crippen LogP contribution >= 0.6 is 0 Å². The predicted molar refractivity (Wildman–Crippen MR) is 69.9 cm³/mol. The third-order valence-corrected chi connectivity index (χ3v) is 3.77. The molecule has 0 saturated carbocycles. The average molecular weight is 236 g/mol. The summed E-state index contributed by atoms with van der Waals surface area (Å²) < 4.78 is 5.84. The summed E-state index contributed by atoms with van der Waals surface area (Å²) in [5.74, 6) is 2.18. The van der Waals surface area contributed by atoms with Gasteiger partial charge in [-0.05, 0) is 45.8 Å². The normalized spacial score (nSPS) is 21.2. The molecule has 1 aromatic heterocycles. The van der Waals surface area contributed by atoms with Gasteiger partial charge in [0.2, 0.25) is 0 Å². The van der Waals surface area contributed by atoms with Gasteiger partial charge in [0.05, 0.1) is 6.54 Å². The molecule has 1 fully saturated rings. The molecular formula is C14H24N2O. The molecule has 0 radical (unpaired) electrons. The lowest BCUT2D eigenvalue weighted by atomic mass is 10.1. The third-order valence-electron chi connectivity index (χ3n) is 3.77. The van der Waals surface area contributed by atoms with Crippen LogP contribution in [0.15, 0.2) is 10.5 Å². The van der Waals surface area contributed by atoms with Gasteiger partial charge >= 0.3 is 0 Å². The molecule has 1 N–H and O–H groups in total. The second-order valence-corrected chi connectivity index (χ2v) is 5.00. The molecule has 0 amide bonds. The molecule has 1 aliphatic rings. The van der Waals surface area contributed by atoms with E-state index < -0.39 is 0 Å². The summed E-state index contributed by atoms with van der Waals surface area (Å²) in [4.78, 5) is 2.56. The van der Waals surface area contributed by atoms with Crippen LogP contribution in [0, 0.1) is 6.92 Å². The van der Waals surface area contributed by atoms with Gasteiger partial charge in [-0.3, -0.25) is 4.90 Å². The fraction of sp³-hybridized carbons (Fsp3) is 0.714. The van der Waals surface area contributed by atoms with Gasteiger partial charge in [-0.1, -0.05) is 6.92 Å². The minimum Gasteiger partial charge on any atom is -0.465 e. The fourth-order valence-corrected chi connectivity index (χ4v) is 2.80. The van der Waals surface area contributed by atoms with E-state index in [1.807, 2.05) is 7.05 Å². The van der Waals surface area contributed by atoms with Crippen molar-refractivity contribution in [3.63, 3.8) is 0 Å². The second kappa shape index (κ2) is 5.69. The van der Waals surface area contributed by atoms with E-state index in [-0.39, 0.29) is 0 Å². The molecule has 1 saturated heterocycles. The molecular weight excluding hydrogens is 212 g/mol. The largest absolute Gasteiger partial charge is 0.465 e. The van der Waals surface area contributed by atoms with E-state index >= 15 is 0 Å². The monoisotopic (exact) mass is 236 g/mol. The first kappa shape index (κ1) is 12.7. The van der Waals surface area contributed by atoms with Crippen LogP contribution in [-0.2, 0) is 13.1 Å². The molecule has 0 bridgehead atoms. The van der Waals surface area contributed by atoms with Gasteiger partial charge in [0.15, 0.2) is 0 Å². The van der Waals surface area contributed by atoms with E-state index in [1.165, 1.54) is 31.4 Å². The highest BCUT2D eigenvalue weighted by molar-refractivity contribution is 5.20. The quantitative estimate of drug-likeness (QED) is 0.852. The number of furan rings is 1. The third kappa shape index (κ3) is 2.90. The minimum absolute atomic E-state index is 0.758. The summed E-state index contributed by atoms with van der Waals surface area (Å²) in [5.41, 5.74) is 1.29. The van der Waals surface area contributed by atoms with Crippen molar-refractivity contribution in [3.05, 3.63) is 23.2 Å². The second-order valence-electron chi connectivity index (χ2n) is 5.00. The van der Waals surface area contributed by atoms with Crippen LogP contribution in [0.5, 0.6) is 0 Å². The molecule has 96 valence electrons. The first-order chi connectivity index (χ1) is 8.24. The standard InChI is InChI=1S/C14H24N2O/c1-4-13-6-5-7-16(13)10-14-8-12(9-15-3)11(2)17-14/h8,13,15H,4-7,9-10H2,1-3H3. The summed E-state index contributed by atoms with van der Waals surface area (Å²) in [6, 6.07) is 2.96. The van der Waals surface area contributed by atoms with Gasteiger partial charge in [-0.15, -0.1) is 0 Å². The van der Waals surface area contributed by atoms with Crippen molar-refractivity contribution in [1.82, 2.24) is 10.2 Å². The Bertz CT molecular complexity index is 359. The number of hydrogen-bond donors (Lipinski definition) is 1. The molecule has 1 aliphatic heterocycles. The van der Waals surface area contributed by atoms with Crippen LogP contribution in [0.1, 0.15) is 43.3 Å². The Morgan fingerprint density at radius 3 is 3.06 bits per heavy atom. The molecule has 3 heteroatoms. The van der Waals surface area contributed by atoms with Gasteiger partial charge in [0.1, 0.15) is 11.5 Å². The van der Waals surface area contributed by atoms with Crippen molar-refractivity contribution in [2.45, 2.75) is 52.2 Å². The van der Waals surface area contributed by atoms with Crippen molar-refractivity contribution in [2.75, 3.05) is 13.6 Å². The Morgan fingerprint density at radius 2 is 2.35 bits per heavy atom. The van der Waals surface area contributed by atoms with E-state index in [4.69, 9.17) is 4.42 Å². The average Bonchev–Trinajstić information content (AvgIpc) is 2.87. The number of likely N-dealkylation sites (tertiary alicyclic amines) is 1. The maximum Gasteiger partial charge on any atom is 0.118 e. The summed E-state index contributed by atoms with van der Waals surface area (Å²) in [6.45, 7) is 7.43. The molecule has 1 unspecified atom stereocenters. The van der Waals surface area contributed by atoms with Crippen LogP contribution in [0.25, 0.3) is 0 Å². The molecule has 1 aromatic rings. The lowest BCUT2D eigenvalue weighted by molar-refractivity contribution is 0.220. The van der Waals surface area contributed by atoms with Crippen molar-refractivity contribution in [1.29, 1.82) is 0 Å². The van der Waals surface area contributed by atoms with Crippen molar-refractivity contribution < 1.29 is 4.42 Å². The molecule has 2 rings (SSSR count). The van der Waals surface area contributed by atoms with E-state index in [1.54, 1.807) is 0 Å². The van der Waals surface area contributed by atoms with Crippen molar-refractivity contribution >= 4 is 0 Å². The smallest absolute Gasteiger partial charge is 0.118 e. The lowest BCUT2D eigenvalue weighted by Crippen LogP contribution is -2.27. The Labute approximate surface area is 104 Å². The number of aryl methyl sites for hydroxylation is 1. The molecule has 0 aromatic carbocycles. The molecule has 17 heavy (non-hydrogen) atoms. The summed E-state index contributed by atoms with van der Waals surface area (Å²) in [7, 11) is 1.97. The molecule has 0 spiro atoms. The minimum atomic E-state index is 0.758. The number of hydrogen-bond acceptors (Lipinski definition) is 3. The van der Waals surface area contributed by atoms with Crippen LogP contribution < -0.4 is 5.32 Å². The summed E-state index contributed by atoms with van der Waals surface area (Å²) >= 11 is 0. The van der Waals surface area contributed by atoms with E-state index in [0.29, 0.717) is 0 Å². The maximum atomic E-state index is 5.84. The van der Waals surface area contributed by atoms with E-state index in [2.05, 4.69) is 30.1 Å². The molecule has 2 heterocycles. The van der Waals surface area contributed by atoms with Gasteiger partial charge in [0.25, 0.3) is 0 Å². The Balaban J connectivity index is 2.00. The van der Waals surface area contributed by atoms with Crippen molar-refractivity contribution in [3.8, 4) is 0 Å². The first-order valence-corrected chi connectivity index (χ1v) is 6.71. The zero-order valence-corrected chi connectivity index (χ0v) is 11.3. The Kier molecular flexibility index (Phi) is 4.24. The number of rotatable bonds is 5. The zero-order chi connectivity index (χ0) is 12.3. The lowest BCUT2D eigenvalue weighted by Gasteiger charge is -2.21. The summed E-state index contributed by atoms with van der Waals surface area (Å²) in [6.07, 6.45) is 3.93. The molecule has 1 atom stereocenters. The van der Waals surface area contributed by atoms with Gasteiger partial charge in [0, 0.05) is 18.2 Å². The van der Waals surface area contributed by atoms with Crippen LogP contribution in [0.4, 0.5) is 0 Å². The fourth-order valence-electron chi connectivity index (χ4n) is 2.80. The van der Waals surface area contributed by atoms with Crippen molar-refractivity contribution in [2.24, 2.45) is 0 Å². The number of nitrogens with zero attached hydrogens (tertiary/aromatic N) is 1. The maximum absolute atomic E-state index is 5.84. The van der Waals surface area contributed by atoms with Crippen LogP contribution in [-0.4, -0.2) is 24.5 Å². The Hall–Kier alpha value is -0.800. The highest BCUT2D eigenvalue weighted by atomic mass is 16.3. The topological polar surface area (TPSA) is 28.4 Å². The van der Waals surface area contributed by atoms with E-state index in [0.717, 1.165) is 30.7 Å².